The fourth-order valence-electron chi connectivity index (χ4n) is 2.33. The van der Waals surface area contributed by atoms with Crippen molar-refractivity contribution in [3.05, 3.63) is 58.7 Å². The highest BCUT2D eigenvalue weighted by atomic mass is 32.2. The van der Waals surface area contributed by atoms with E-state index < -0.39 is 32.3 Å². The van der Waals surface area contributed by atoms with E-state index in [4.69, 9.17) is 4.55 Å². The lowest BCUT2D eigenvalue weighted by Gasteiger charge is -2.18. The highest BCUT2D eigenvalue weighted by Crippen LogP contribution is 2.34. The Kier molecular flexibility index (Phi) is 2.72. The zero-order chi connectivity index (χ0) is 15.4. The molecule has 0 unspecified atom stereocenters. The topological polar surface area (TPSA) is 109 Å². The van der Waals surface area contributed by atoms with Crippen molar-refractivity contribution in [3.8, 4) is 5.75 Å². The molecule has 0 fully saturated rings. The molecule has 21 heavy (non-hydrogen) atoms. The molecule has 6 nitrogen and oxygen atoms in total. The van der Waals surface area contributed by atoms with Gasteiger partial charge in [-0.25, -0.2) is 0 Å². The van der Waals surface area contributed by atoms with Crippen molar-refractivity contribution in [3.63, 3.8) is 0 Å². The Hall–Kier alpha value is -2.51. The molecular weight excluding hydrogens is 296 g/mol. The van der Waals surface area contributed by atoms with Crippen LogP contribution in [0, 0.1) is 0 Å². The van der Waals surface area contributed by atoms with Gasteiger partial charge in [0.1, 0.15) is 5.75 Å². The highest BCUT2D eigenvalue weighted by molar-refractivity contribution is 7.85. The Morgan fingerprint density at radius 3 is 2.00 bits per heavy atom. The minimum Gasteiger partial charge on any atom is -0.507 e. The van der Waals surface area contributed by atoms with Crippen molar-refractivity contribution in [1.82, 2.24) is 0 Å². The molecule has 0 radical (unpaired) electrons. The molecule has 0 saturated carbocycles. The molecule has 0 bridgehead atoms. The van der Waals surface area contributed by atoms with Crippen LogP contribution in [0.15, 0.2) is 41.3 Å². The van der Waals surface area contributed by atoms with Gasteiger partial charge in [-0.2, -0.15) is 8.42 Å². The second-order valence-electron chi connectivity index (χ2n) is 4.54. The molecule has 2 aromatic rings. The van der Waals surface area contributed by atoms with Gasteiger partial charge in [0.2, 0.25) is 0 Å². The normalized spacial score (nSPS) is 13.8. The molecule has 0 amide bonds. The van der Waals surface area contributed by atoms with Crippen molar-refractivity contribution < 1.29 is 27.7 Å². The van der Waals surface area contributed by atoms with E-state index in [2.05, 4.69) is 0 Å². The number of phenols is 1. The van der Waals surface area contributed by atoms with Crippen LogP contribution in [0.5, 0.6) is 5.75 Å². The summed E-state index contributed by atoms with van der Waals surface area (Å²) in [6.07, 6.45) is 0. The van der Waals surface area contributed by atoms with Crippen LogP contribution in [0.2, 0.25) is 0 Å². The Bertz CT molecular complexity index is 911. The smallest absolute Gasteiger partial charge is 0.294 e. The van der Waals surface area contributed by atoms with Crippen molar-refractivity contribution in [2.45, 2.75) is 4.90 Å². The van der Waals surface area contributed by atoms with Crippen LogP contribution in [0.3, 0.4) is 0 Å². The number of aromatic hydroxyl groups is 1. The maximum atomic E-state index is 12.3. The standard InChI is InChI=1S/C14H8O6S/c15-11-6-7(21(18,19)20)5-10-12(11)14(17)9-4-2-1-3-8(9)13(10)16/h1-6,15H,(H,18,19,20). The molecular formula is C14H8O6S. The van der Waals surface area contributed by atoms with E-state index in [0.717, 1.165) is 12.1 Å². The van der Waals surface area contributed by atoms with Crippen LogP contribution in [-0.4, -0.2) is 29.6 Å². The second kappa shape index (κ2) is 4.24. The van der Waals surface area contributed by atoms with Gasteiger partial charge >= 0.3 is 0 Å². The molecule has 1 aliphatic carbocycles. The minimum absolute atomic E-state index is 0.127. The van der Waals surface area contributed by atoms with E-state index in [1.807, 2.05) is 0 Å². The van der Waals surface area contributed by atoms with Crippen LogP contribution < -0.4 is 0 Å². The second-order valence-corrected chi connectivity index (χ2v) is 5.97. The van der Waals surface area contributed by atoms with Crippen LogP contribution in [0.4, 0.5) is 0 Å². The van der Waals surface area contributed by atoms with Crippen molar-refractivity contribution in [2.24, 2.45) is 0 Å². The summed E-state index contributed by atoms with van der Waals surface area (Å²) in [4.78, 5) is 24.0. The third kappa shape index (κ3) is 1.94. The molecule has 3 rings (SSSR count). The van der Waals surface area contributed by atoms with E-state index in [9.17, 15) is 23.1 Å². The first-order valence-electron chi connectivity index (χ1n) is 5.83. The van der Waals surface area contributed by atoms with Crippen molar-refractivity contribution in [2.75, 3.05) is 0 Å². The summed E-state index contributed by atoms with van der Waals surface area (Å²) in [5.41, 5.74) is -0.232. The van der Waals surface area contributed by atoms with Gasteiger partial charge in [0.15, 0.2) is 11.6 Å². The van der Waals surface area contributed by atoms with Crippen LogP contribution in [-0.2, 0) is 10.1 Å². The number of carbonyl (C=O) groups excluding carboxylic acids is 2. The molecule has 2 N–H and O–H groups in total. The molecule has 0 atom stereocenters. The van der Waals surface area contributed by atoms with E-state index in [1.165, 1.54) is 12.1 Å². The molecule has 0 aliphatic heterocycles. The van der Waals surface area contributed by atoms with Gasteiger partial charge in [-0.05, 0) is 6.07 Å². The zero-order valence-electron chi connectivity index (χ0n) is 10.4. The number of hydrogen-bond acceptors (Lipinski definition) is 5. The van der Waals surface area contributed by atoms with Gasteiger partial charge in [-0.1, -0.05) is 24.3 Å². The lowest BCUT2D eigenvalue weighted by Crippen LogP contribution is -2.21. The summed E-state index contributed by atoms with van der Waals surface area (Å²) in [6.45, 7) is 0. The highest BCUT2D eigenvalue weighted by Gasteiger charge is 2.33. The fraction of sp³-hybridized carbons (Fsp3) is 0. The molecule has 0 saturated heterocycles. The zero-order valence-corrected chi connectivity index (χ0v) is 11.2. The number of benzene rings is 2. The van der Waals surface area contributed by atoms with Gasteiger partial charge in [0.05, 0.1) is 10.5 Å². The van der Waals surface area contributed by atoms with Crippen LogP contribution in [0.25, 0.3) is 0 Å². The first kappa shape index (κ1) is 13.5. The van der Waals surface area contributed by atoms with Crippen LogP contribution in [0.1, 0.15) is 31.8 Å². The summed E-state index contributed by atoms with van der Waals surface area (Å²) < 4.78 is 31.3. The molecule has 1 aliphatic rings. The van der Waals surface area contributed by atoms with Gasteiger partial charge in [-0.3, -0.25) is 14.1 Å². The molecule has 106 valence electrons. The summed E-state index contributed by atoms with van der Waals surface area (Å²) in [5, 5.41) is 9.87. The Labute approximate surface area is 119 Å². The maximum absolute atomic E-state index is 12.3. The summed E-state index contributed by atoms with van der Waals surface area (Å²) >= 11 is 0. The van der Waals surface area contributed by atoms with Gasteiger partial charge < -0.3 is 5.11 Å². The predicted octanol–water partition coefficient (Wildman–Crippen LogP) is 1.41. The average molecular weight is 304 g/mol. The molecule has 2 aromatic carbocycles. The number of fused-ring (bicyclic) bond motifs is 2. The van der Waals surface area contributed by atoms with Gasteiger partial charge in [-0.15, -0.1) is 0 Å². The Balaban J connectivity index is 2.36. The van der Waals surface area contributed by atoms with Crippen molar-refractivity contribution >= 4 is 21.7 Å². The summed E-state index contributed by atoms with van der Waals surface area (Å²) in [7, 11) is -4.60. The average Bonchev–Trinajstić information content (AvgIpc) is 2.43. The summed E-state index contributed by atoms with van der Waals surface area (Å²) in [6, 6.07) is 7.68. The maximum Gasteiger partial charge on any atom is 0.294 e. The predicted molar refractivity (Wildman–Crippen MR) is 71.2 cm³/mol. The first-order valence-corrected chi connectivity index (χ1v) is 7.27. The van der Waals surface area contributed by atoms with Gasteiger partial charge in [0.25, 0.3) is 10.1 Å². The molecule has 7 heteroatoms. The van der Waals surface area contributed by atoms with E-state index in [0.29, 0.717) is 0 Å². The molecule has 0 heterocycles. The third-order valence-corrected chi connectivity index (χ3v) is 4.11. The number of ketones is 2. The third-order valence-electron chi connectivity index (χ3n) is 3.28. The first-order chi connectivity index (χ1) is 9.80. The number of carbonyl (C=O) groups is 2. The lowest BCUT2D eigenvalue weighted by molar-refractivity contribution is 0.0976. The number of phenolic OH excluding ortho intramolecular Hbond substituents is 1. The van der Waals surface area contributed by atoms with Crippen molar-refractivity contribution in [1.29, 1.82) is 0 Å². The van der Waals surface area contributed by atoms with E-state index >= 15 is 0 Å². The Morgan fingerprint density at radius 1 is 0.857 bits per heavy atom. The number of hydrogen-bond donors (Lipinski definition) is 2. The lowest BCUT2D eigenvalue weighted by atomic mass is 9.84. The van der Waals surface area contributed by atoms with Crippen LogP contribution >= 0.6 is 0 Å². The monoisotopic (exact) mass is 304 g/mol. The minimum atomic E-state index is -4.60. The van der Waals surface area contributed by atoms with E-state index in [-0.39, 0.29) is 22.3 Å². The molecule has 0 aromatic heterocycles. The SMILES string of the molecule is O=C1c2ccccc2C(=O)c2c(O)cc(S(=O)(=O)O)cc21. The summed E-state index contributed by atoms with van der Waals surface area (Å²) in [5.74, 6) is -1.81. The number of rotatable bonds is 1. The van der Waals surface area contributed by atoms with E-state index in [1.54, 1.807) is 12.1 Å². The van der Waals surface area contributed by atoms with Gasteiger partial charge in [0, 0.05) is 22.8 Å². The quantitative estimate of drug-likeness (QED) is 0.658. The Morgan fingerprint density at radius 2 is 1.43 bits per heavy atom. The fourth-order valence-corrected chi connectivity index (χ4v) is 2.85. The largest absolute Gasteiger partial charge is 0.507 e. The molecule has 0 spiro atoms.